The molecule has 3 amide bonds. The minimum Gasteiger partial charge on any atom is -0.359 e. The first-order valence-electron chi connectivity index (χ1n) is 9.96. The summed E-state index contributed by atoms with van der Waals surface area (Å²) < 4.78 is 0. The topological polar surface area (TPSA) is 100 Å². The van der Waals surface area contributed by atoms with Crippen LogP contribution >= 0.6 is 0 Å². The van der Waals surface area contributed by atoms with Gasteiger partial charge in [0.25, 0.3) is 0 Å². The molecular weight excluding hydrogens is 368 g/mol. The Labute approximate surface area is 170 Å². The van der Waals surface area contributed by atoms with Crippen molar-refractivity contribution in [2.75, 3.05) is 17.2 Å². The third-order valence-electron chi connectivity index (χ3n) is 5.02. The third-order valence-corrected chi connectivity index (χ3v) is 5.02. The van der Waals surface area contributed by atoms with Crippen molar-refractivity contribution in [2.45, 2.75) is 38.5 Å². The number of carbonyl (C=O) groups excluding carboxylic acids is 3. The van der Waals surface area contributed by atoms with Crippen LogP contribution in [0, 0.1) is 5.92 Å². The second-order valence-electron chi connectivity index (χ2n) is 7.22. The molecule has 1 unspecified atom stereocenters. The van der Waals surface area contributed by atoms with E-state index >= 15 is 0 Å². The van der Waals surface area contributed by atoms with Gasteiger partial charge in [-0.1, -0.05) is 18.6 Å². The van der Waals surface area contributed by atoms with Crippen molar-refractivity contribution < 1.29 is 14.4 Å². The zero-order valence-corrected chi connectivity index (χ0v) is 16.3. The Morgan fingerprint density at radius 3 is 2.69 bits per heavy atom. The Kier molecular flexibility index (Phi) is 7.33. The summed E-state index contributed by atoms with van der Waals surface area (Å²) in [6, 6.07) is 11.3. The van der Waals surface area contributed by atoms with Crippen LogP contribution < -0.4 is 16.0 Å². The number of aromatic nitrogens is 1. The van der Waals surface area contributed by atoms with E-state index < -0.39 is 0 Å². The predicted molar refractivity (Wildman–Crippen MR) is 111 cm³/mol. The highest BCUT2D eigenvalue weighted by Crippen LogP contribution is 2.30. The fourth-order valence-corrected chi connectivity index (χ4v) is 3.52. The minimum atomic E-state index is -0.127. The van der Waals surface area contributed by atoms with Crippen LogP contribution in [0.15, 0.2) is 42.6 Å². The number of nitrogens with one attached hydrogen (secondary N) is 3. The monoisotopic (exact) mass is 394 g/mol. The molecule has 1 aromatic heterocycles. The SMILES string of the molecule is O=CNCCCCCC(=O)Nc1ccc2c(c1)CC(C(=O)Nc1ccccn1)C2. The van der Waals surface area contributed by atoms with E-state index in [2.05, 4.69) is 20.9 Å². The number of anilines is 2. The van der Waals surface area contributed by atoms with Gasteiger partial charge in [-0.15, -0.1) is 0 Å². The Balaban J connectivity index is 1.46. The summed E-state index contributed by atoms with van der Waals surface area (Å²) in [4.78, 5) is 38.9. The van der Waals surface area contributed by atoms with Gasteiger partial charge in [0.1, 0.15) is 5.82 Å². The van der Waals surface area contributed by atoms with Gasteiger partial charge < -0.3 is 16.0 Å². The maximum Gasteiger partial charge on any atom is 0.229 e. The first-order valence-corrected chi connectivity index (χ1v) is 9.96. The number of nitrogens with zero attached hydrogens (tertiary/aromatic N) is 1. The molecule has 152 valence electrons. The average molecular weight is 394 g/mol. The van der Waals surface area contributed by atoms with Gasteiger partial charge in [-0.25, -0.2) is 4.98 Å². The zero-order valence-electron chi connectivity index (χ0n) is 16.3. The fraction of sp³-hybridized carbons (Fsp3) is 0.364. The van der Waals surface area contributed by atoms with E-state index in [1.165, 1.54) is 0 Å². The van der Waals surface area contributed by atoms with E-state index in [0.717, 1.165) is 36.1 Å². The second kappa shape index (κ2) is 10.4. The molecule has 0 bridgehead atoms. The number of carbonyl (C=O) groups is 3. The Bertz CT molecular complexity index is 854. The average Bonchev–Trinajstić information content (AvgIpc) is 3.15. The summed E-state index contributed by atoms with van der Waals surface area (Å²) in [6.07, 6.45) is 6.68. The van der Waals surface area contributed by atoms with Crippen LogP contribution in [0.3, 0.4) is 0 Å². The molecule has 0 spiro atoms. The maximum absolute atomic E-state index is 12.5. The van der Waals surface area contributed by atoms with Gasteiger partial charge in [0.15, 0.2) is 0 Å². The standard InChI is InChI=1S/C22H26N4O3/c27-15-23-10-4-1-2-7-21(28)25-19-9-8-16-12-18(13-17(16)14-19)22(29)26-20-6-3-5-11-24-20/h3,5-6,8-9,11,14-15,18H,1-2,4,7,10,12-13H2,(H,23,27)(H,25,28)(H,24,26,29). The van der Waals surface area contributed by atoms with Gasteiger partial charge >= 0.3 is 0 Å². The number of unbranched alkanes of at least 4 members (excludes halogenated alkanes) is 2. The van der Waals surface area contributed by atoms with Crippen LogP contribution in [0.5, 0.6) is 0 Å². The molecule has 7 heteroatoms. The van der Waals surface area contributed by atoms with Crippen molar-refractivity contribution in [3.8, 4) is 0 Å². The third kappa shape index (κ3) is 6.14. The Hall–Kier alpha value is -3.22. The molecule has 3 rings (SSSR count). The molecule has 1 aliphatic rings. The highest BCUT2D eigenvalue weighted by molar-refractivity contribution is 5.93. The zero-order chi connectivity index (χ0) is 20.5. The molecule has 7 nitrogen and oxygen atoms in total. The summed E-state index contributed by atoms with van der Waals surface area (Å²) in [5.74, 6) is 0.381. The Morgan fingerprint density at radius 1 is 1.03 bits per heavy atom. The molecule has 3 N–H and O–H groups in total. The van der Waals surface area contributed by atoms with Crippen molar-refractivity contribution >= 4 is 29.7 Å². The van der Waals surface area contributed by atoms with Gasteiger partial charge in [0, 0.05) is 30.8 Å². The normalized spacial score (nSPS) is 14.7. The van der Waals surface area contributed by atoms with Crippen LogP contribution in [-0.2, 0) is 27.2 Å². The van der Waals surface area contributed by atoms with Crippen molar-refractivity contribution in [1.82, 2.24) is 10.3 Å². The van der Waals surface area contributed by atoms with E-state index in [-0.39, 0.29) is 17.7 Å². The van der Waals surface area contributed by atoms with Crippen LogP contribution in [0.2, 0.25) is 0 Å². The highest BCUT2D eigenvalue weighted by Gasteiger charge is 2.27. The quantitative estimate of drug-likeness (QED) is 0.426. The van der Waals surface area contributed by atoms with E-state index in [1.807, 2.05) is 30.3 Å². The minimum absolute atomic E-state index is 0.0178. The number of rotatable bonds is 10. The highest BCUT2D eigenvalue weighted by atomic mass is 16.2. The number of hydrogen-bond donors (Lipinski definition) is 3. The van der Waals surface area contributed by atoms with E-state index in [0.29, 0.717) is 38.0 Å². The van der Waals surface area contributed by atoms with Gasteiger partial charge in [-0.3, -0.25) is 14.4 Å². The Morgan fingerprint density at radius 2 is 1.90 bits per heavy atom. The second-order valence-corrected chi connectivity index (χ2v) is 7.22. The maximum atomic E-state index is 12.5. The molecule has 0 aliphatic heterocycles. The number of hydrogen-bond acceptors (Lipinski definition) is 4. The van der Waals surface area contributed by atoms with E-state index in [1.54, 1.807) is 12.3 Å². The summed E-state index contributed by atoms with van der Waals surface area (Å²) in [5.41, 5.74) is 3.01. The number of fused-ring (bicyclic) bond motifs is 1. The summed E-state index contributed by atoms with van der Waals surface area (Å²) >= 11 is 0. The van der Waals surface area contributed by atoms with Crippen molar-refractivity contribution in [3.05, 3.63) is 53.7 Å². The summed E-state index contributed by atoms with van der Waals surface area (Å²) in [7, 11) is 0. The summed E-state index contributed by atoms with van der Waals surface area (Å²) in [6.45, 7) is 0.644. The van der Waals surface area contributed by atoms with E-state index in [9.17, 15) is 14.4 Å². The predicted octanol–water partition coefficient (Wildman–Crippen LogP) is 2.68. The fourth-order valence-electron chi connectivity index (χ4n) is 3.52. The molecule has 1 aromatic carbocycles. The molecule has 0 radical (unpaired) electrons. The van der Waals surface area contributed by atoms with Gasteiger partial charge in [-0.05, 0) is 61.1 Å². The molecule has 2 aromatic rings. The lowest BCUT2D eigenvalue weighted by atomic mass is 10.1. The lowest BCUT2D eigenvalue weighted by molar-refractivity contribution is -0.119. The van der Waals surface area contributed by atoms with Crippen LogP contribution in [0.25, 0.3) is 0 Å². The molecule has 0 fully saturated rings. The number of amides is 3. The molecule has 0 saturated carbocycles. The van der Waals surface area contributed by atoms with Crippen molar-refractivity contribution in [1.29, 1.82) is 0 Å². The van der Waals surface area contributed by atoms with Crippen LogP contribution in [-0.4, -0.2) is 29.8 Å². The van der Waals surface area contributed by atoms with Gasteiger partial charge in [0.05, 0.1) is 0 Å². The van der Waals surface area contributed by atoms with Gasteiger partial charge in [-0.2, -0.15) is 0 Å². The van der Waals surface area contributed by atoms with Crippen molar-refractivity contribution in [2.24, 2.45) is 5.92 Å². The van der Waals surface area contributed by atoms with Crippen LogP contribution in [0.1, 0.15) is 36.8 Å². The van der Waals surface area contributed by atoms with Crippen LogP contribution in [0.4, 0.5) is 11.5 Å². The first kappa shape index (κ1) is 20.5. The van der Waals surface area contributed by atoms with Crippen molar-refractivity contribution in [3.63, 3.8) is 0 Å². The molecule has 1 heterocycles. The first-order chi connectivity index (χ1) is 14.2. The largest absolute Gasteiger partial charge is 0.359 e. The molecular formula is C22H26N4O3. The lowest BCUT2D eigenvalue weighted by Crippen LogP contribution is -2.23. The number of benzene rings is 1. The molecule has 29 heavy (non-hydrogen) atoms. The molecule has 1 atom stereocenters. The summed E-state index contributed by atoms with van der Waals surface area (Å²) in [5, 5.41) is 8.41. The lowest BCUT2D eigenvalue weighted by Gasteiger charge is -2.09. The molecule has 0 saturated heterocycles. The molecule has 1 aliphatic carbocycles. The number of pyridine rings is 1. The van der Waals surface area contributed by atoms with Gasteiger partial charge in [0.2, 0.25) is 18.2 Å². The smallest absolute Gasteiger partial charge is 0.229 e. The van der Waals surface area contributed by atoms with E-state index in [4.69, 9.17) is 0 Å².